The summed E-state index contributed by atoms with van der Waals surface area (Å²) < 4.78 is 40.8. The third-order valence-electron chi connectivity index (χ3n) is 3.68. The van der Waals surface area contributed by atoms with Crippen LogP contribution >= 0.6 is 23.2 Å². The first-order valence-electron chi connectivity index (χ1n) is 6.44. The molecule has 3 nitrogen and oxygen atoms in total. The van der Waals surface area contributed by atoms with Crippen molar-refractivity contribution in [3.05, 3.63) is 28.5 Å². The summed E-state index contributed by atoms with van der Waals surface area (Å²) in [6.07, 6.45) is 0. The Kier molecular flexibility index (Phi) is 5.70. The van der Waals surface area contributed by atoms with E-state index in [1.165, 1.54) is 17.4 Å². The highest BCUT2D eigenvalue weighted by atomic mass is 35.5. The van der Waals surface area contributed by atoms with E-state index in [0.717, 1.165) is 6.07 Å². The summed E-state index contributed by atoms with van der Waals surface area (Å²) in [5, 5.41) is 0.141. The van der Waals surface area contributed by atoms with E-state index in [1.54, 1.807) is 6.92 Å². The molecule has 0 saturated heterocycles. The maximum atomic E-state index is 14.3. The Morgan fingerprint density at radius 1 is 1.33 bits per heavy atom. The van der Waals surface area contributed by atoms with Gasteiger partial charge in [-0.3, -0.25) is 0 Å². The second-order valence-electron chi connectivity index (χ2n) is 6.07. The van der Waals surface area contributed by atoms with Crippen molar-refractivity contribution >= 4 is 33.2 Å². The van der Waals surface area contributed by atoms with Gasteiger partial charge in [0, 0.05) is 23.7 Å². The van der Waals surface area contributed by atoms with Gasteiger partial charge in [0.05, 0.1) is 5.88 Å². The molecule has 0 N–H and O–H groups in total. The average molecular weight is 356 g/mol. The Morgan fingerprint density at radius 2 is 1.86 bits per heavy atom. The number of alkyl halides is 1. The number of halogens is 3. The number of rotatable bonds is 4. The molecule has 7 heteroatoms. The number of hydrogen-bond donors (Lipinski definition) is 0. The molecule has 0 aromatic heterocycles. The maximum Gasteiger partial charge on any atom is 0.246 e. The Balaban J connectivity index is 3.42. The van der Waals surface area contributed by atoms with E-state index in [9.17, 15) is 12.8 Å². The van der Waals surface area contributed by atoms with Gasteiger partial charge in [-0.2, -0.15) is 4.31 Å². The molecule has 0 aliphatic carbocycles. The predicted octanol–water partition coefficient (Wildman–Crippen LogP) is 4.27. The fourth-order valence-electron chi connectivity index (χ4n) is 1.81. The van der Waals surface area contributed by atoms with Crippen molar-refractivity contribution in [1.29, 1.82) is 0 Å². The molecular weight excluding hydrogens is 336 g/mol. The molecule has 0 heterocycles. The molecule has 120 valence electrons. The lowest BCUT2D eigenvalue weighted by molar-refractivity contribution is 0.216. The largest absolute Gasteiger partial charge is 0.246 e. The summed E-state index contributed by atoms with van der Waals surface area (Å²) in [4.78, 5) is -0.441. The van der Waals surface area contributed by atoms with Crippen molar-refractivity contribution in [2.45, 2.75) is 44.5 Å². The topological polar surface area (TPSA) is 37.4 Å². The number of benzene rings is 1. The van der Waals surface area contributed by atoms with Crippen LogP contribution in [0.5, 0.6) is 0 Å². The molecule has 0 bridgehead atoms. The second-order valence-corrected chi connectivity index (χ2v) is 8.74. The molecule has 0 aliphatic rings. The number of hydrogen-bond acceptors (Lipinski definition) is 2. The van der Waals surface area contributed by atoms with Crippen molar-refractivity contribution in [3.8, 4) is 0 Å². The van der Waals surface area contributed by atoms with Gasteiger partial charge in [-0.25, -0.2) is 12.8 Å². The molecule has 0 saturated carbocycles. The van der Waals surface area contributed by atoms with Crippen LogP contribution in [-0.2, 0) is 15.9 Å². The molecule has 0 spiro atoms. The molecule has 0 aliphatic heterocycles. The van der Waals surface area contributed by atoms with E-state index in [4.69, 9.17) is 23.2 Å². The predicted molar refractivity (Wildman–Crippen MR) is 84.8 cm³/mol. The van der Waals surface area contributed by atoms with Crippen LogP contribution in [-0.4, -0.2) is 25.8 Å². The van der Waals surface area contributed by atoms with E-state index in [0.29, 0.717) is 0 Å². The van der Waals surface area contributed by atoms with Crippen LogP contribution in [0.25, 0.3) is 0 Å². The van der Waals surface area contributed by atoms with E-state index in [1.807, 2.05) is 20.8 Å². The van der Waals surface area contributed by atoms with Crippen LogP contribution in [0.1, 0.15) is 33.3 Å². The Bertz CT molecular complexity index is 627. The van der Waals surface area contributed by atoms with Crippen molar-refractivity contribution in [1.82, 2.24) is 4.31 Å². The van der Waals surface area contributed by atoms with Crippen molar-refractivity contribution in [2.24, 2.45) is 5.41 Å². The lowest BCUT2D eigenvalue weighted by atomic mass is 9.88. The SMILES string of the molecule is CC(N(C)S(=O)(=O)c1cc(Cl)cc(CCl)c1F)C(C)(C)C. The minimum atomic E-state index is -3.99. The molecule has 1 unspecified atom stereocenters. The highest BCUT2D eigenvalue weighted by Crippen LogP contribution is 2.31. The van der Waals surface area contributed by atoms with Gasteiger partial charge in [0.25, 0.3) is 0 Å². The van der Waals surface area contributed by atoms with Crippen LogP contribution in [0.2, 0.25) is 5.02 Å². The standard InChI is InChI=1S/C14H20Cl2FNO2S/c1-9(14(2,3)4)18(5)21(19,20)12-7-11(16)6-10(8-15)13(12)17/h6-7,9H,8H2,1-5H3. The summed E-state index contributed by atoms with van der Waals surface area (Å²) in [7, 11) is -2.56. The molecule has 1 aromatic rings. The lowest BCUT2D eigenvalue weighted by Crippen LogP contribution is -2.43. The van der Waals surface area contributed by atoms with Crippen molar-refractivity contribution < 1.29 is 12.8 Å². The highest BCUT2D eigenvalue weighted by molar-refractivity contribution is 7.89. The van der Waals surface area contributed by atoms with E-state index >= 15 is 0 Å². The van der Waals surface area contributed by atoms with Crippen molar-refractivity contribution in [2.75, 3.05) is 7.05 Å². The first kappa shape index (κ1) is 18.7. The van der Waals surface area contributed by atoms with Crippen LogP contribution in [0.15, 0.2) is 17.0 Å². The minimum absolute atomic E-state index is 0.0690. The van der Waals surface area contributed by atoms with Gasteiger partial charge in [0.15, 0.2) is 0 Å². The van der Waals surface area contributed by atoms with Gasteiger partial charge in [-0.15, -0.1) is 11.6 Å². The van der Waals surface area contributed by atoms with Crippen LogP contribution in [0.4, 0.5) is 4.39 Å². The highest BCUT2D eigenvalue weighted by Gasteiger charge is 2.34. The van der Waals surface area contributed by atoms with Crippen LogP contribution in [0.3, 0.4) is 0 Å². The Morgan fingerprint density at radius 3 is 2.29 bits per heavy atom. The van der Waals surface area contributed by atoms with Gasteiger partial charge >= 0.3 is 0 Å². The van der Waals surface area contributed by atoms with Gasteiger partial charge in [0.1, 0.15) is 10.7 Å². The van der Waals surface area contributed by atoms with Gasteiger partial charge in [-0.05, 0) is 24.5 Å². The smallest absolute Gasteiger partial charge is 0.207 e. The minimum Gasteiger partial charge on any atom is -0.207 e. The normalized spacial score (nSPS) is 14.5. The maximum absolute atomic E-state index is 14.3. The zero-order valence-electron chi connectivity index (χ0n) is 12.7. The molecule has 0 amide bonds. The first-order chi connectivity index (χ1) is 9.42. The Labute approximate surface area is 136 Å². The van der Waals surface area contributed by atoms with E-state index in [2.05, 4.69) is 0 Å². The summed E-state index contributed by atoms with van der Waals surface area (Å²) in [6, 6.07) is 2.13. The fraction of sp³-hybridized carbons (Fsp3) is 0.571. The zero-order chi connectivity index (χ0) is 16.6. The molecule has 21 heavy (non-hydrogen) atoms. The third-order valence-corrected chi connectivity index (χ3v) is 6.11. The zero-order valence-corrected chi connectivity index (χ0v) is 15.1. The average Bonchev–Trinajstić information content (AvgIpc) is 2.37. The number of sulfonamides is 1. The molecule has 0 fully saturated rings. The Hall–Kier alpha value is -0.360. The van der Waals surface area contributed by atoms with E-state index in [-0.39, 0.29) is 27.9 Å². The molecular formula is C14H20Cl2FNO2S. The van der Waals surface area contributed by atoms with Gasteiger partial charge < -0.3 is 0 Å². The van der Waals surface area contributed by atoms with Crippen molar-refractivity contribution in [3.63, 3.8) is 0 Å². The van der Waals surface area contributed by atoms with Gasteiger partial charge in [0.2, 0.25) is 10.0 Å². The molecule has 1 rings (SSSR count). The van der Waals surface area contributed by atoms with E-state index < -0.39 is 20.7 Å². The summed E-state index contributed by atoms with van der Waals surface area (Å²) >= 11 is 11.5. The molecule has 1 aromatic carbocycles. The summed E-state index contributed by atoms with van der Waals surface area (Å²) in [6.45, 7) is 7.54. The quantitative estimate of drug-likeness (QED) is 0.756. The lowest BCUT2D eigenvalue weighted by Gasteiger charge is -2.34. The fourth-order valence-corrected chi connectivity index (χ4v) is 3.99. The molecule has 1 atom stereocenters. The summed E-state index contributed by atoms with van der Waals surface area (Å²) in [5.74, 6) is -0.990. The monoisotopic (exact) mass is 355 g/mol. The van der Waals surface area contributed by atoms with Gasteiger partial charge in [-0.1, -0.05) is 32.4 Å². The number of nitrogens with zero attached hydrogens (tertiary/aromatic N) is 1. The van der Waals surface area contributed by atoms with Crippen LogP contribution in [0, 0.1) is 11.2 Å². The molecule has 0 radical (unpaired) electrons. The van der Waals surface area contributed by atoms with Crippen LogP contribution < -0.4 is 0 Å². The second kappa shape index (κ2) is 6.41. The third kappa shape index (κ3) is 3.89. The summed E-state index contributed by atoms with van der Waals surface area (Å²) in [5.41, 5.74) is -0.216. The first-order valence-corrected chi connectivity index (χ1v) is 8.80.